The van der Waals surface area contributed by atoms with Gasteiger partial charge in [-0.2, -0.15) is 0 Å². The molecule has 183 valence electrons. The van der Waals surface area contributed by atoms with E-state index >= 15 is 0 Å². The van der Waals surface area contributed by atoms with Crippen LogP contribution in [0.3, 0.4) is 0 Å². The number of imidazole rings is 2. The third-order valence-corrected chi connectivity index (χ3v) is 6.26. The maximum absolute atomic E-state index is 12.2. The van der Waals surface area contributed by atoms with E-state index in [4.69, 9.17) is 0 Å². The molecule has 33 heavy (non-hydrogen) atoms. The number of hydrogen-bond acceptors (Lipinski definition) is 5. The van der Waals surface area contributed by atoms with E-state index in [0.29, 0.717) is 12.5 Å². The van der Waals surface area contributed by atoms with Crippen LogP contribution in [0.15, 0.2) is 24.8 Å². The van der Waals surface area contributed by atoms with Gasteiger partial charge < -0.3 is 19.4 Å². The van der Waals surface area contributed by atoms with Crippen LogP contribution in [0.1, 0.15) is 57.1 Å². The first-order valence-electron chi connectivity index (χ1n) is 11.6. The molecular formula is C23H37N7O2Re. The normalized spacial score (nSPS) is 15.6. The van der Waals surface area contributed by atoms with Crippen molar-refractivity contribution in [2.24, 2.45) is 14.1 Å². The van der Waals surface area contributed by atoms with Crippen molar-refractivity contribution >= 4 is 11.8 Å². The van der Waals surface area contributed by atoms with Crippen molar-refractivity contribution in [3.05, 3.63) is 36.4 Å². The monoisotopic (exact) mass is 630 g/mol. The molecule has 2 aromatic heterocycles. The Kier molecular flexibility index (Phi) is 11.2. The Bertz CT molecular complexity index is 840. The van der Waals surface area contributed by atoms with Crippen LogP contribution < -0.4 is 5.32 Å². The minimum Gasteiger partial charge on any atom is -0.347 e. The fourth-order valence-corrected chi connectivity index (χ4v) is 4.18. The molecule has 2 aromatic rings. The van der Waals surface area contributed by atoms with Crippen molar-refractivity contribution < 1.29 is 30.0 Å². The zero-order chi connectivity index (χ0) is 22.9. The van der Waals surface area contributed by atoms with Crippen LogP contribution in [0.2, 0.25) is 0 Å². The summed E-state index contributed by atoms with van der Waals surface area (Å²) < 4.78 is 4.08. The van der Waals surface area contributed by atoms with Gasteiger partial charge in [0.1, 0.15) is 11.6 Å². The number of nitrogens with zero attached hydrogens (tertiary/aromatic N) is 6. The molecular weight excluding hydrogens is 593 g/mol. The summed E-state index contributed by atoms with van der Waals surface area (Å²) in [4.78, 5) is 37.5. The number of rotatable bonds is 12. The summed E-state index contributed by atoms with van der Waals surface area (Å²) in [6.45, 7) is 5.42. The smallest absolute Gasteiger partial charge is 0.242 e. The number of unbranched alkanes of at least 4 members (excludes halogenated alkanes) is 2. The second-order valence-corrected chi connectivity index (χ2v) is 8.79. The molecule has 1 aliphatic heterocycles. The van der Waals surface area contributed by atoms with E-state index in [-0.39, 0.29) is 38.8 Å². The van der Waals surface area contributed by atoms with Crippen molar-refractivity contribution in [1.82, 2.24) is 34.2 Å². The quantitative estimate of drug-likeness (QED) is 0.362. The van der Waals surface area contributed by atoms with Gasteiger partial charge >= 0.3 is 0 Å². The van der Waals surface area contributed by atoms with Gasteiger partial charge in [-0.05, 0) is 39.2 Å². The fraction of sp³-hybridized carbons (Fsp3) is 0.652. The maximum Gasteiger partial charge on any atom is 0.242 e. The number of aryl methyl sites for hydroxylation is 2. The molecule has 3 rings (SSSR count). The molecule has 10 heteroatoms. The fourth-order valence-electron chi connectivity index (χ4n) is 4.18. The molecule has 1 N–H and O–H groups in total. The van der Waals surface area contributed by atoms with Crippen LogP contribution in [0, 0.1) is 0 Å². The molecule has 0 spiro atoms. The minimum atomic E-state index is -0.0388. The number of amides is 2. The summed E-state index contributed by atoms with van der Waals surface area (Å²) in [6.07, 6.45) is 12.9. The largest absolute Gasteiger partial charge is 0.347 e. The first kappa shape index (κ1) is 27.2. The number of hydrogen-bond donors (Lipinski definition) is 1. The number of carbonyl (C=O) groups is 2. The van der Waals surface area contributed by atoms with E-state index in [0.717, 1.165) is 69.9 Å². The Labute approximate surface area is 210 Å². The summed E-state index contributed by atoms with van der Waals surface area (Å²) in [5.74, 6) is 2.04. The van der Waals surface area contributed by atoms with Crippen molar-refractivity contribution in [2.75, 3.05) is 19.6 Å². The Morgan fingerprint density at radius 2 is 1.70 bits per heavy atom. The molecule has 2 amide bonds. The van der Waals surface area contributed by atoms with Gasteiger partial charge in [0.2, 0.25) is 11.8 Å². The molecule has 0 bridgehead atoms. The SMILES string of the molecule is CC1CCCN1C(=O)CNC(=O)CCCCCN(Cc1nccn1C)Cc1nccn1C.[Re]. The third kappa shape index (κ3) is 8.36. The summed E-state index contributed by atoms with van der Waals surface area (Å²) in [5.41, 5.74) is 0. The molecule has 1 radical (unpaired) electrons. The van der Waals surface area contributed by atoms with Gasteiger partial charge in [-0.25, -0.2) is 9.97 Å². The molecule has 1 unspecified atom stereocenters. The van der Waals surface area contributed by atoms with Crippen LogP contribution >= 0.6 is 0 Å². The zero-order valence-electron chi connectivity index (χ0n) is 20.0. The van der Waals surface area contributed by atoms with E-state index in [1.807, 2.05) is 52.9 Å². The molecule has 3 heterocycles. The second kappa shape index (κ2) is 13.6. The molecule has 1 atom stereocenters. The predicted molar refractivity (Wildman–Crippen MR) is 122 cm³/mol. The summed E-state index contributed by atoms with van der Waals surface area (Å²) >= 11 is 0. The molecule has 0 saturated carbocycles. The predicted octanol–water partition coefficient (Wildman–Crippen LogP) is 1.84. The van der Waals surface area contributed by atoms with Crippen LogP contribution in [0.4, 0.5) is 0 Å². The van der Waals surface area contributed by atoms with Crippen molar-refractivity contribution in [3.63, 3.8) is 0 Å². The molecule has 9 nitrogen and oxygen atoms in total. The van der Waals surface area contributed by atoms with Gasteiger partial charge in [0, 0.05) is 78.3 Å². The number of nitrogens with one attached hydrogen (secondary N) is 1. The minimum absolute atomic E-state index is 0. The van der Waals surface area contributed by atoms with Crippen LogP contribution in [0.5, 0.6) is 0 Å². The van der Waals surface area contributed by atoms with Crippen molar-refractivity contribution in [1.29, 1.82) is 0 Å². The Balaban J connectivity index is 0.00000385. The second-order valence-electron chi connectivity index (χ2n) is 8.79. The van der Waals surface area contributed by atoms with Gasteiger partial charge in [-0.1, -0.05) is 6.42 Å². The number of carbonyl (C=O) groups excluding carboxylic acids is 2. The standard InChI is InChI=1S/C23H37N7O2.Re/c1-19-8-7-13-30(19)23(32)16-26-22(31)9-5-4-6-12-29(17-20-24-10-14-27(20)2)18-21-25-11-15-28(21)3;/h10-11,14-15,19H,4-9,12-13,16-18H2,1-3H3,(H,26,31);. The van der Waals surface area contributed by atoms with E-state index < -0.39 is 0 Å². The molecule has 1 fully saturated rings. The topological polar surface area (TPSA) is 88.3 Å². The van der Waals surface area contributed by atoms with Gasteiger partial charge in [0.25, 0.3) is 0 Å². The van der Waals surface area contributed by atoms with E-state index in [9.17, 15) is 9.59 Å². The van der Waals surface area contributed by atoms with Gasteiger partial charge in [0.15, 0.2) is 0 Å². The zero-order valence-corrected chi connectivity index (χ0v) is 22.8. The number of likely N-dealkylation sites (tertiary alicyclic amines) is 1. The average Bonchev–Trinajstić information content (AvgIpc) is 3.48. The van der Waals surface area contributed by atoms with Crippen LogP contribution in [0.25, 0.3) is 0 Å². The summed E-state index contributed by atoms with van der Waals surface area (Å²) in [6, 6.07) is 0.291. The molecule has 0 aliphatic carbocycles. The van der Waals surface area contributed by atoms with E-state index in [1.54, 1.807) is 0 Å². The molecule has 1 aliphatic rings. The summed E-state index contributed by atoms with van der Waals surface area (Å²) in [5, 5.41) is 2.79. The Hall–Kier alpha value is -2.02. The van der Waals surface area contributed by atoms with Crippen LogP contribution in [-0.2, 0) is 57.2 Å². The van der Waals surface area contributed by atoms with Crippen LogP contribution in [-0.4, -0.2) is 66.4 Å². The molecule has 0 aromatic carbocycles. The van der Waals surface area contributed by atoms with Gasteiger partial charge in [-0.15, -0.1) is 0 Å². The summed E-state index contributed by atoms with van der Waals surface area (Å²) in [7, 11) is 4.02. The molecule has 1 saturated heterocycles. The first-order chi connectivity index (χ1) is 15.4. The Morgan fingerprint density at radius 1 is 1.06 bits per heavy atom. The van der Waals surface area contributed by atoms with Crippen molar-refractivity contribution in [3.8, 4) is 0 Å². The number of aromatic nitrogens is 4. The Morgan fingerprint density at radius 3 is 2.21 bits per heavy atom. The first-order valence-corrected chi connectivity index (χ1v) is 11.6. The third-order valence-electron chi connectivity index (χ3n) is 6.26. The average molecular weight is 630 g/mol. The maximum atomic E-state index is 12.2. The van der Waals surface area contributed by atoms with E-state index in [1.165, 1.54) is 0 Å². The van der Waals surface area contributed by atoms with Gasteiger partial charge in [-0.3, -0.25) is 14.5 Å². The van der Waals surface area contributed by atoms with E-state index in [2.05, 4.69) is 27.1 Å². The van der Waals surface area contributed by atoms with Crippen molar-refractivity contribution in [2.45, 2.75) is 64.6 Å². The van der Waals surface area contributed by atoms with Gasteiger partial charge in [0.05, 0.1) is 19.6 Å².